The van der Waals surface area contributed by atoms with Crippen LogP contribution >= 0.6 is 15.9 Å². The molecule has 0 saturated heterocycles. The van der Waals surface area contributed by atoms with E-state index in [4.69, 9.17) is 4.74 Å². The van der Waals surface area contributed by atoms with E-state index in [-0.39, 0.29) is 16.9 Å². The second kappa shape index (κ2) is 6.62. The number of phenolic OH excluding ortho intramolecular Hbond substituents is 2. The molecular weight excluding hydrogens is 358 g/mol. The summed E-state index contributed by atoms with van der Waals surface area (Å²) in [5, 5.41) is 20.3. The highest BCUT2D eigenvalue weighted by atomic mass is 79.9. The average Bonchev–Trinajstić information content (AvgIpc) is 2.47. The van der Waals surface area contributed by atoms with Crippen molar-refractivity contribution in [2.24, 2.45) is 4.99 Å². The summed E-state index contributed by atoms with van der Waals surface area (Å²) < 4.78 is 5.87. The van der Waals surface area contributed by atoms with Crippen molar-refractivity contribution in [2.75, 3.05) is 7.11 Å². The highest BCUT2D eigenvalue weighted by molar-refractivity contribution is 9.10. The lowest BCUT2D eigenvalue weighted by Crippen LogP contribution is -2.10. The number of methoxy groups -OCH3 is 1. The molecule has 0 saturated carbocycles. The minimum Gasteiger partial charge on any atom is -0.506 e. The molecule has 122 valence electrons. The quantitative estimate of drug-likeness (QED) is 0.746. The normalized spacial score (nSPS) is 11.9. The van der Waals surface area contributed by atoms with Gasteiger partial charge in [-0.1, -0.05) is 42.8 Å². The third-order valence-corrected chi connectivity index (χ3v) is 3.93. The van der Waals surface area contributed by atoms with Gasteiger partial charge < -0.3 is 14.9 Å². The molecule has 23 heavy (non-hydrogen) atoms. The molecule has 0 aromatic heterocycles. The van der Waals surface area contributed by atoms with Gasteiger partial charge in [-0.2, -0.15) is 0 Å². The lowest BCUT2D eigenvalue weighted by atomic mass is 9.87. The first-order chi connectivity index (χ1) is 10.7. The molecule has 2 rings (SSSR count). The molecule has 0 bridgehead atoms. The molecule has 0 radical (unpaired) electrons. The summed E-state index contributed by atoms with van der Waals surface area (Å²) in [6, 6.07) is 8.81. The summed E-state index contributed by atoms with van der Waals surface area (Å²) in [6.45, 7) is 6.24. The van der Waals surface area contributed by atoms with Crippen LogP contribution < -0.4 is 4.74 Å². The van der Waals surface area contributed by atoms with E-state index >= 15 is 0 Å². The zero-order valence-corrected chi connectivity index (χ0v) is 15.2. The molecule has 0 aliphatic rings. The van der Waals surface area contributed by atoms with Crippen LogP contribution in [0.3, 0.4) is 0 Å². The minimum atomic E-state index is -0.0460. The predicted molar refractivity (Wildman–Crippen MR) is 96.4 cm³/mol. The van der Waals surface area contributed by atoms with Gasteiger partial charge in [-0.25, -0.2) is 0 Å². The van der Waals surface area contributed by atoms with E-state index < -0.39 is 0 Å². The van der Waals surface area contributed by atoms with Gasteiger partial charge in [-0.05, 0) is 35.2 Å². The maximum atomic E-state index is 10.1. The van der Waals surface area contributed by atoms with Gasteiger partial charge in [0.15, 0.2) is 11.5 Å². The molecule has 5 heteroatoms. The number of aromatic hydroxyl groups is 2. The molecule has 2 N–H and O–H groups in total. The largest absolute Gasteiger partial charge is 0.506 e. The molecule has 4 nitrogen and oxygen atoms in total. The van der Waals surface area contributed by atoms with Gasteiger partial charge in [0, 0.05) is 16.3 Å². The number of phenols is 2. The fraction of sp³-hybridized carbons (Fsp3) is 0.278. The number of halogens is 1. The predicted octanol–water partition coefficient (Wildman–Crippen LogP) is 4.92. The van der Waals surface area contributed by atoms with Crippen LogP contribution in [0.2, 0.25) is 0 Å². The van der Waals surface area contributed by atoms with Crippen LogP contribution in [0.1, 0.15) is 31.9 Å². The fourth-order valence-electron chi connectivity index (χ4n) is 2.09. The molecule has 2 aromatic rings. The smallest absolute Gasteiger partial charge is 0.166 e. The number of hydrogen-bond acceptors (Lipinski definition) is 4. The molecule has 0 amide bonds. The number of hydrogen-bond donors (Lipinski definition) is 2. The number of ether oxygens (including phenoxy) is 1. The first kappa shape index (κ1) is 17.3. The zero-order valence-electron chi connectivity index (χ0n) is 13.6. The van der Waals surface area contributed by atoms with Gasteiger partial charge in [-0.15, -0.1) is 0 Å². The van der Waals surface area contributed by atoms with Gasteiger partial charge in [-0.3, -0.25) is 4.99 Å². The van der Waals surface area contributed by atoms with E-state index in [9.17, 15) is 10.2 Å². The topological polar surface area (TPSA) is 62.0 Å². The third kappa shape index (κ3) is 4.05. The van der Waals surface area contributed by atoms with Gasteiger partial charge in [0.2, 0.25) is 0 Å². The zero-order chi connectivity index (χ0) is 17.2. The van der Waals surface area contributed by atoms with Crippen LogP contribution in [0.25, 0.3) is 0 Å². The molecule has 0 atom stereocenters. The van der Waals surface area contributed by atoms with E-state index in [2.05, 4.69) is 41.7 Å². The van der Waals surface area contributed by atoms with Crippen LogP contribution in [0, 0.1) is 0 Å². The first-order valence-electron chi connectivity index (χ1n) is 7.16. The van der Waals surface area contributed by atoms with Crippen molar-refractivity contribution in [1.29, 1.82) is 0 Å². The summed E-state index contributed by atoms with van der Waals surface area (Å²) in [4.78, 5) is 4.27. The molecular formula is C18H20BrNO3. The van der Waals surface area contributed by atoms with Crippen molar-refractivity contribution < 1.29 is 14.9 Å². The Morgan fingerprint density at radius 1 is 1.13 bits per heavy atom. The highest BCUT2D eigenvalue weighted by Crippen LogP contribution is 2.35. The number of rotatable bonds is 3. The van der Waals surface area contributed by atoms with Gasteiger partial charge in [0.1, 0.15) is 11.4 Å². The van der Waals surface area contributed by atoms with E-state index in [0.717, 1.165) is 10.0 Å². The van der Waals surface area contributed by atoms with Crippen LogP contribution in [0.4, 0.5) is 5.69 Å². The Kier molecular flexibility index (Phi) is 5.00. The molecule has 2 aromatic carbocycles. The Labute approximate surface area is 144 Å². The van der Waals surface area contributed by atoms with E-state index in [0.29, 0.717) is 17.0 Å². The third-order valence-electron chi connectivity index (χ3n) is 3.47. The average molecular weight is 378 g/mol. The number of nitrogens with zero attached hydrogens (tertiary/aromatic N) is 1. The van der Waals surface area contributed by atoms with Crippen LogP contribution in [-0.2, 0) is 5.41 Å². The maximum Gasteiger partial charge on any atom is 0.166 e. The second-order valence-corrected chi connectivity index (χ2v) is 7.17. The summed E-state index contributed by atoms with van der Waals surface area (Å²) in [7, 11) is 1.49. The van der Waals surface area contributed by atoms with Crippen molar-refractivity contribution in [3.05, 3.63) is 45.9 Å². The van der Waals surface area contributed by atoms with Gasteiger partial charge in [0.05, 0.1) is 7.11 Å². The first-order valence-corrected chi connectivity index (χ1v) is 7.95. The van der Waals surface area contributed by atoms with Crippen molar-refractivity contribution >= 4 is 27.8 Å². The van der Waals surface area contributed by atoms with E-state index in [1.165, 1.54) is 13.3 Å². The Balaban J connectivity index is 2.36. The molecule has 0 spiro atoms. The van der Waals surface area contributed by atoms with Crippen molar-refractivity contribution in [1.82, 2.24) is 0 Å². The van der Waals surface area contributed by atoms with Gasteiger partial charge in [0.25, 0.3) is 0 Å². The molecule has 0 aliphatic carbocycles. The summed E-state index contributed by atoms with van der Waals surface area (Å²) in [5.41, 5.74) is 1.92. The van der Waals surface area contributed by atoms with E-state index in [1.54, 1.807) is 24.3 Å². The van der Waals surface area contributed by atoms with Crippen molar-refractivity contribution in [3.63, 3.8) is 0 Å². The van der Waals surface area contributed by atoms with Crippen LogP contribution in [0.5, 0.6) is 17.2 Å². The summed E-state index contributed by atoms with van der Waals surface area (Å²) >= 11 is 3.36. The highest BCUT2D eigenvalue weighted by Gasteiger charge is 2.15. The lowest BCUT2D eigenvalue weighted by molar-refractivity contribution is 0.373. The lowest BCUT2D eigenvalue weighted by Gasteiger charge is -2.19. The molecule has 0 heterocycles. The fourth-order valence-corrected chi connectivity index (χ4v) is 2.54. The second-order valence-electron chi connectivity index (χ2n) is 6.26. The SMILES string of the molecule is COc1cc(Br)cc(C=Nc2ccc(C(C)(C)C)cc2O)c1O. The van der Waals surface area contributed by atoms with Crippen molar-refractivity contribution in [3.8, 4) is 17.2 Å². The standard InChI is InChI=1S/C18H20BrNO3/c1-18(2,3)12-5-6-14(15(21)8-12)20-10-11-7-13(19)9-16(23-4)17(11)22/h5-10,21-22H,1-4H3. The number of aliphatic imine (C=N–C) groups is 1. The molecule has 0 unspecified atom stereocenters. The van der Waals surface area contributed by atoms with Gasteiger partial charge >= 0.3 is 0 Å². The monoisotopic (exact) mass is 377 g/mol. The molecule has 0 fully saturated rings. The Bertz CT molecular complexity index is 749. The Morgan fingerprint density at radius 2 is 1.83 bits per heavy atom. The minimum absolute atomic E-state index is 0.00486. The van der Waals surface area contributed by atoms with E-state index in [1.807, 2.05) is 6.07 Å². The summed E-state index contributed by atoms with van der Waals surface area (Å²) in [6.07, 6.45) is 1.49. The molecule has 0 aliphatic heterocycles. The Morgan fingerprint density at radius 3 is 2.39 bits per heavy atom. The maximum absolute atomic E-state index is 10.1. The summed E-state index contributed by atoms with van der Waals surface area (Å²) in [5.74, 6) is 0.466. The van der Waals surface area contributed by atoms with Crippen LogP contribution in [0.15, 0.2) is 39.8 Å². The number of benzene rings is 2. The van der Waals surface area contributed by atoms with Crippen LogP contribution in [-0.4, -0.2) is 23.5 Å². The Hall–Kier alpha value is -2.01. The van der Waals surface area contributed by atoms with Crippen molar-refractivity contribution in [2.45, 2.75) is 26.2 Å².